The minimum Gasteiger partial charge on any atom is -0.393 e. The summed E-state index contributed by atoms with van der Waals surface area (Å²) in [6.07, 6.45) is 0.320. The van der Waals surface area contributed by atoms with Gasteiger partial charge in [0.25, 0.3) is 0 Å². The molecule has 1 atom stereocenters. The first-order valence-corrected chi connectivity index (χ1v) is 5.52. The summed E-state index contributed by atoms with van der Waals surface area (Å²) in [5, 5.41) is 18.7. The van der Waals surface area contributed by atoms with Crippen LogP contribution >= 0.6 is 11.6 Å². The molecule has 4 heteroatoms. The van der Waals surface area contributed by atoms with E-state index in [4.69, 9.17) is 16.9 Å². The summed E-state index contributed by atoms with van der Waals surface area (Å²) in [5.74, 6) is 0. The Labute approximate surface area is 101 Å². The molecule has 0 aliphatic carbocycles. The van der Waals surface area contributed by atoms with Crippen LogP contribution in [0.15, 0.2) is 18.2 Å². The van der Waals surface area contributed by atoms with E-state index in [9.17, 15) is 5.11 Å². The van der Waals surface area contributed by atoms with Crippen LogP contribution in [0.5, 0.6) is 0 Å². The fourth-order valence-electron chi connectivity index (χ4n) is 1.44. The van der Waals surface area contributed by atoms with E-state index >= 15 is 0 Å². The van der Waals surface area contributed by atoms with E-state index in [-0.39, 0.29) is 6.10 Å². The highest BCUT2D eigenvalue weighted by Crippen LogP contribution is 2.25. The van der Waals surface area contributed by atoms with E-state index in [0.717, 1.165) is 5.69 Å². The molecule has 1 aromatic rings. The van der Waals surface area contributed by atoms with Crippen LogP contribution in [0.4, 0.5) is 5.69 Å². The van der Waals surface area contributed by atoms with Gasteiger partial charge in [0.15, 0.2) is 0 Å². The third-order valence-electron chi connectivity index (χ3n) is 2.40. The van der Waals surface area contributed by atoms with Gasteiger partial charge in [-0.15, -0.1) is 0 Å². The second-order valence-corrected chi connectivity index (χ2v) is 4.21. The Kier molecular flexibility index (Phi) is 4.60. The zero-order chi connectivity index (χ0) is 12.1. The van der Waals surface area contributed by atoms with E-state index in [0.29, 0.717) is 23.6 Å². The van der Waals surface area contributed by atoms with Crippen LogP contribution < -0.4 is 4.90 Å². The number of anilines is 1. The van der Waals surface area contributed by atoms with Crippen LogP contribution in [0.3, 0.4) is 0 Å². The van der Waals surface area contributed by atoms with Crippen LogP contribution in [-0.4, -0.2) is 24.8 Å². The molecule has 0 aliphatic rings. The number of benzene rings is 1. The van der Waals surface area contributed by atoms with E-state index < -0.39 is 0 Å². The van der Waals surface area contributed by atoms with Gasteiger partial charge in [0.05, 0.1) is 22.4 Å². The highest BCUT2D eigenvalue weighted by atomic mass is 35.5. The number of nitriles is 1. The molecule has 0 saturated carbocycles. The van der Waals surface area contributed by atoms with Crippen molar-refractivity contribution in [2.24, 2.45) is 0 Å². The van der Waals surface area contributed by atoms with Crippen LogP contribution in [-0.2, 0) is 0 Å². The molecular formula is C12H15ClN2O. The number of halogens is 1. The normalized spacial score (nSPS) is 11.9. The summed E-state index contributed by atoms with van der Waals surface area (Å²) in [6, 6.07) is 7.47. The van der Waals surface area contributed by atoms with Crippen molar-refractivity contribution in [2.45, 2.75) is 19.4 Å². The first-order valence-electron chi connectivity index (χ1n) is 5.14. The van der Waals surface area contributed by atoms with Crippen molar-refractivity contribution in [3.05, 3.63) is 28.8 Å². The molecule has 1 unspecified atom stereocenters. The largest absolute Gasteiger partial charge is 0.393 e. The van der Waals surface area contributed by atoms with Crippen molar-refractivity contribution in [3.8, 4) is 6.07 Å². The molecule has 0 amide bonds. The molecule has 0 aliphatic heterocycles. The average Bonchev–Trinajstić information content (AvgIpc) is 2.25. The number of aliphatic hydroxyl groups is 1. The predicted octanol–water partition coefficient (Wildman–Crippen LogP) is 2.42. The summed E-state index contributed by atoms with van der Waals surface area (Å²) < 4.78 is 0. The van der Waals surface area contributed by atoms with Gasteiger partial charge >= 0.3 is 0 Å². The lowest BCUT2D eigenvalue weighted by Gasteiger charge is -2.21. The van der Waals surface area contributed by atoms with Crippen molar-refractivity contribution in [2.75, 3.05) is 18.5 Å². The van der Waals surface area contributed by atoms with Crippen LogP contribution in [0, 0.1) is 11.3 Å². The first kappa shape index (κ1) is 12.8. The highest BCUT2D eigenvalue weighted by Gasteiger charge is 2.10. The summed E-state index contributed by atoms with van der Waals surface area (Å²) in [6.45, 7) is 2.43. The Balaban J connectivity index is 2.87. The molecule has 0 fully saturated rings. The van der Waals surface area contributed by atoms with E-state index in [1.165, 1.54) is 0 Å². The van der Waals surface area contributed by atoms with Crippen molar-refractivity contribution >= 4 is 17.3 Å². The highest BCUT2D eigenvalue weighted by molar-refractivity contribution is 6.32. The Morgan fingerprint density at radius 3 is 2.81 bits per heavy atom. The second-order valence-electron chi connectivity index (χ2n) is 3.81. The Bertz CT molecular complexity index is 398. The fourth-order valence-corrected chi connectivity index (χ4v) is 1.65. The first-order chi connectivity index (χ1) is 7.56. The Hall–Kier alpha value is -1.24. The number of hydrogen-bond acceptors (Lipinski definition) is 3. The lowest BCUT2D eigenvalue weighted by Crippen LogP contribution is -2.22. The minimum atomic E-state index is -0.341. The molecule has 16 heavy (non-hydrogen) atoms. The van der Waals surface area contributed by atoms with Gasteiger partial charge in [0, 0.05) is 13.6 Å². The van der Waals surface area contributed by atoms with E-state index in [2.05, 4.69) is 6.07 Å². The number of nitrogens with zero attached hydrogens (tertiary/aromatic N) is 2. The third-order valence-corrected chi connectivity index (χ3v) is 2.71. The van der Waals surface area contributed by atoms with Gasteiger partial charge in [-0.1, -0.05) is 17.7 Å². The molecule has 0 bridgehead atoms. The summed E-state index contributed by atoms with van der Waals surface area (Å²) in [5.41, 5.74) is 1.29. The van der Waals surface area contributed by atoms with Gasteiger partial charge in [-0.05, 0) is 25.5 Å². The number of aliphatic hydroxyl groups excluding tert-OH is 1. The monoisotopic (exact) mass is 238 g/mol. The van der Waals surface area contributed by atoms with Gasteiger partial charge in [-0.3, -0.25) is 0 Å². The maximum absolute atomic E-state index is 9.21. The minimum absolute atomic E-state index is 0.341. The molecule has 0 saturated heterocycles. The SMILES string of the molecule is CC(O)CCN(C)c1cccc(Cl)c1C#N. The van der Waals surface area contributed by atoms with Crippen LogP contribution in [0.1, 0.15) is 18.9 Å². The van der Waals surface area contributed by atoms with Gasteiger partial charge < -0.3 is 10.0 Å². The lowest BCUT2D eigenvalue weighted by molar-refractivity contribution is 0.187. The van der Waals surface area contributed by atoms with Crippen molar-refractivity contribution in [3.63, 3.8) is 0 Å². The van der Waals surface area contributed by atoms with Gasteiger partial charge in [-0.25, -0.2) is 0 Å². The van der Waals surface area contributed by atoms with E-state index in [1.807, 2.05) is 24.1 Å². The quantitative estimate of drug-likeness (QED) is 0.877. The maximum Gasteiger partial charge on any atom is 0.103 e. The van der Waals surface area contributed by atoms with Crippen molar-refractivity contribution in [1.29, 1.82) is 5.26 Å². The third kappa shape index (κ3) is 3.13. The fraction of sp³-hybridized carbons (Fsp3) is 0.417. The molecule has 1 aromatic carbocycles. The topological polar surface area (TPSA) is 47.3 Å². The van der Waals surface area contributed by atoms with Gasteiger partial charge in [-0.2, -0.15) is 5.26 Å². The molecule has 3 nitrogen and oxygen atoms in total. The van der Waals surface area contributed by atoms with Crippen LogP contribution in [0.2, 0.25) is 5.02 Å². The van der Waals surface area contributed by atoms with E-state index in [1.54, 1.807) is 13.0 Å². The second kappa shape index (κ2) is 5.74. The maximum atomic E-state index is 9.21. The smallest absolute Gasteiger partial charge is 0.103 e. The van der Waals surface area contributed by atoms with Gasteiger partial charge in [0.2, 0.25) is 0 Å². The Morgan fingerprint density at radius 2 is 2.25 bits per heavy atom. The summed E-state index contributed by atoms with van der Waals surface area (Å²) in [4.78, 5) is 1.93. The molecule has 0 heterocycles. The molecular weight excluding hydrogens is 224 g/mol. The molecule has 86 valence electrons. The summed E-state index contributed by atoms with van der Waals surface area (Å²) >= 11 is 5.94. The zero-order valence-corrected chi connectivity index (χ0v) is 10.2. The molecule has 0 spiro atoms. The Morgan fingerprint density at radius 1 is 1.56 bits per heavy atom. The number of rotatable bonds is 4. The van der Waals surface area contributed by atoms with Crippen molar-refractivity contribution < 1.29 is 5.11 Å². The zero-order valence-electron chi connectivity index (χ0n) is 9.44. The predicted molar refractivity (Wildman–Crippen MR) is 65.7 cm³/mol. The molecule has 1 rings (SSSR count). The molecule has 0 aromatic heterocycles. The van der Waals surface area contributed by atoms with Crippen LogP contribution in [0.25, 0.3) is 0 Å². The molecule has 0 radical (unpaired) electrons. The average molecular weight is 239 g/mol. The summed E-state index contributed by atoms with van der Waals surface area (Å²) in [7, 11) is 1.88. The standard InChI is InChI=1S/C12H15ClN2O/c1-9(16)6-7-15(2)12-5-3-4-11(13)10(12)8-14/h3-5,9,16H,6-7H2,1-2H3. The van der Waals surface area contributed by atoms with Gasteiger partial charge in [0.1, 0.15) is 6.07 Å². The molecule has 1 N–H and O–H groups in total. The van der Waals surface area contributed by atoms with Crippen molar-refractivity contribution in [1.82, 2.24) is 0 Å². The lowest BCUT2D eigenvalue weighted by atomic mass is 10.1. The number of hydrogen-bond donors (Lipinski definition) is 1.